The van der Waals surface area contributed by atoms with Crippen LogP contribution in [-0.4, -0.2) is 55.2 Å². The van der Waals surface area contributed by atoms with Gasteiger partial charge in [-0.15, -0.1) is 12.4 Å². The highest BCUT2D eigenvalue weighted by atomic mass is 35.5. The first kappa shape index (κ1) is 21.4. The Labute approximate surface area is 172 Å². The van der Waals surface area contributed by atoms with Crippen LogP contribution in [-0.2, 0) is 0 Å². The van der Waals surface area contributed by atoms with E-state index in [0.717, 1.165) is 4.70 Å². The molecule has 0 bridgehead atoms. The third-order valence-corrected chi connectivity index (χ3v) is 5.30. The van der Waals surface area contributed by atoms with Gasteiger partial charge in [0.1, 0.15) is 17.0 Å². The highest BCUT2D eigenvalue weighted by molar-refractivity contribution is 7.23. The number of methoxy groups -OCH3 is 1. The number of hydrogen-bond acceptors (Lipinski definition) is 7. The van der Waals surface area contributed by atoms with Crippen molar-refractivity contribution in [2.75, 3.05) is 39.2 Å². The van der Waals surface area contributed by atoms with Crippen LogP contribution >= 0.6 is 35.3 Å². The van der Waals surface area contributed by atoms with Crippen molar-refractivity contribution in [3.05, 3.63) is 34.7 Å². The highest BCUT2D eigenvalue weighted by Crippen LogP contribution is 2.39. The SMILES string of the molecule is COc1ccc(Cl)c2sc(N(CCN(C)C)C(=O)c3cc(C)on3)nc12.Cl. The summed E-state index contributed by atoms with van der Waals surface area (Å²) in [6, 6.07) is 5.14. The maximum Gasteiger partial charge on any atom is 0.282 e. The smallest absolute Gasteiger partial charge is 0.282 e. The first-order valence-electron chi connectivity index (χ1n) is 7.93. The predicted octanol–water partition coefficient (Wildman–Crippen LogP) is 3.88. The number of nitrogens with zero attached hydrogens (tertiary/aromatic N) is 4. The van der Waals surface area contributed by atoms with Crippen LogP contribution < -0.4 is 9.64 Å². The summed E-state index contributed by atoms with van der Waals surface area (Å²) < 4.78 is 11.2. The Morgan fingerprint density at radius 1 is 1.33 bits per heavy atom. The van der Waals surface area contributed by atoms with E-state index in [1.165, 1.54) is 11.3 Å². The van der Waals surface area contributed by atoms with Crippen LogP contribution in [0.15, 0.2) is 22.7 Å². The summed E-state index contributed by atoms with van der Waals surface area (Å²) in [5.41, 5.74) is 0.887. The molecule has 3 rings (SSSR count). The lowest BCUT2D eigenvalue weighted by molar-refractivity contribution is 0.0976. The van der Waals surface area contributed by atoms with E-state index < -0.39 is 0 Å². The summed E-state index contributed by atoms with van der Waals surface area (Å²) >= 11 is 7.66. The molecule has 2 heterocycles. The van der Waals surface area contributed by atoms with Crippen molar-refractivity contribution in [1.29, 1.82) is 0 Å². The third-order valence-electron chi connectivity index (χ3n) is 3.76. The van der Waals surface area contributed by atoms with E-state index in [9.17, 15) is 4.79 Å². The fourth-order valence-electron chi connectivity index (χ4n) is 2.41. The van der Waals surface area contributed by atoms with Crippen LogP contribution in [0.1, 0.15) is 16.2 Å². The molecule has 2 aromatic heterocycles. The van der Waals surface area contributed by atoms with Crippen molar-refractivity contribution in [2.24, 2.45) is 0 Å². The molecule has 0 radical (unpaired) electrons. The van der Waals surface area contributed by atoms with Crippen LogP contribution in [0.2, 0.25) is 5.02 Å². The number of fused-ring (bicyclic) bond motifs is 1. The second kappa shape index (κ2) is 8.88. The zero-order valence-electron chi connectivity index (χ0n) is 15.4. The van der Waals surface area contributed by atoms with Crippen LogP contribution in [0.5, 0.6) is 5.75 Å². The summed E-state index contributed by atoms with van der Waals surface area (Å²) in [7, 11) is 5.47. The molecule has 0 unspecified atom stereocenters. The van der Waals surface area contributed by atoms with Gasteiger partial charge in [0.05, 0.1) is 16.8 Å². The van der Waals surface area contributed by atoms with Crippen molar-refractivity contribution >= 4 is 56.6 Å². The van der Waals surface area contributed by atoms with E-state index in [1.807, 2.05) is 19.0 Å². The van der Waals surface area contributed by atoms with Crippen molar-refractivity contribution in [3.8, 4) is 5.75 Å². The van der Waals surface area contributed by atoms with Gasteiger partial charge in [0.25, 0.3) is 5.91 Å². The lowest BCUT2D eigenvalue weighted by Crippen LogP contribution is -2.36. The summed E-state index contributed by atoms with van der Waals surface area (Å²) in [6.07, 6.45) is 0. The van der Waals surface area contributed by atoms with Gasteiger partial charge in [-0.1, -0.05) is 28.1 Å². The maximum atomic E-state index is 13.0. The monoisotopic (exact) mass is 430 g/mol. The van der Waals surface area contributed by atoms with Gasteiger partial charge in [0, 0.05) is 19.2 Å². The third kappa shape index (κ3) is 4.52. The van der Waals surface area contributed by atoms with Gasteiger partial charge in [0.2, 0.25) is 0 Å². The Balaban J connectivity index is 0.00000261. The minimum atomic E-state index is -0.266. The molecule has 0 saturated carbocycles. The van der Waals surface area contributed by atoms with Gasteiger partial charge in [-0.2, -0.15) is 0 Å². The van der Waals surface area contributed by atoms with Crippen LogP contribution in [0.3, 0.4) is 0 Å². The summed E-state index contributed by atoms with van der Waals surface area (Å²) in [6.45, 7) is 2.87. The molecule has 0 aliphatic carbocycles. The summed E-state index contributed by atoms with van der Waals surface area (Å²) in [5, 5.41) is 4.95. The molecule has 3 aromatic rings. The zero-order chi connectivity index (χ0) is 18.8. The molecule has 0 saturated heterocycles. The number of hydrogen-bond donors (Lipinski definition) is 0. The molecular formula is C17H20Cl2N4O3S. The predicted molar refractivity (Wildman–Crippen MR) is 110 cm³/mol. The molecule has 0 aliphatic rings. The molecular weight excluding hydrogens is 411 g/mol. The Bertz CT molecular complexity index is 942. The number of ether oxygens (including phenoxy) is 1. The van der Waals surface area contributed by atoms with Crippen LogP contribution in [0, 0.1) is 6.92 Å². The molecule has 0 N–H and O–H groups in total. The van der Waals surface area contributed by atoms with Crippen molar-refractivity contribution in [2.45, 2.75) is 6.92 Å². The number of aryl methyl sites for hydroxylation is 1. The van der Waals surface area contributed by atoms with Gasteiger partial charge in [-0.25, -0.2) is 4.98 Å². The first-order valence-corrected chi connectivity index (χ1v) is 9.13. The number of carbonyl (C=O) groups is 1. The number of amides is 1. The van der Waals surface area contributed by atoms with Gasteiger partial charge in [0.15, 0.2) is 10.8 Å². The average molecular weight is 431 g/mol. The number of aromatic nitrogens is 2. The van der Waals surface area contributed by atoms with Gasteiger partial charge in [-0.3, -0.25) is 9.69 Å². The Morgan fingerprint density at radius 3 is 2.67 bits per heavy atom. The number of carbonyl (C=O) groups excluding carboxylic acids is 1. The first-order chi connectivity index (χ1) is 12.4. The maximum absolute atomic E-state index is 13.0. The van der Waals surface area contributed by atoms with E-state index in [1.54, 1.807) is 37.1 Å². The number of thiazole rings is 1. The van der Waals surface area contributed by atoms with Crippen molar-refractivity contribution < 1.29 is 14.1 Å². The number of halogens is 2. The lowest BCUT2D eigenvalue weighted by atomic mass is 10.3. The number of likely N-dealkylation sites (N-methyl/N-ethyl adjacent to an activating group) is 1. The number of benzene rings is 1. The van der Waals surface area contributed by atoms with Crippen LogP contribution in [0.25, 0.3) is 10.2 Å². The van der Waals surface area contributed by atoms with Gasteiger partial charge < -0.3 is 14.2 Å². The highest BCUT2D eigenvalue weighted by Gasteiger charge is 2.25. The van der Waals surface area contributed by atoms with E-state index in [0.29, 0.717) is 40.3 Å². The molecule has 0 aliphatic heterocycles. The minimum Gasteiger partial charge on any atom is -0.494 e. The number of anilines is 1. The topological polar surface area (TPSA) is 71.7 Å². The fraction of sp³-hybridized carbons (Fsp3) is 0.353. The van der Waals surface area contributed by atoms with E-state index >= 15 is 0 Å². The molecule has 0 fully saturated rings. The van der Waals surface area contributed by atoms with E-state index in [-0.39, 0.29) is 24.0 Å². The minimum absolute atomic E-state index is 0. The summed E-state index contributed by atoms with van der Waals surface area (Å²) in [4.78, 5) is 21.2. The Hall–Kier alpha value is -1.87. The molecule has 1 amide bonds. The molecule has 146 valence electrons. The van der Waals surface area contributed by atoms with Crippen LogP contribution in [0.4, 0.5) is 5.13 Å². The van der Waals surface area contributed by atoms with Crippen molar-refractivity contribution in [1.82, 2.24) is 15.0 Å². The largest absolute Gasteiger partial charge is 0.494 e. The Morgan fingerprint density at radius 2 is 2.07 bits per heavy atom. The molecule has 0 atom stereocenters. The molecule has 10 heteroatoms. The fourth-order valence-corrected chi connectivity index (χ4v) is 3.69. The normalized spacial score (nSPS) is 10.9. The molecule has 7 nitrogen and oxygen atoms in total. The van der Waals surface area contributed by atoms with Gasteiger partial charge >= 0.3 is 0 Å². The van der Waals surface area contributed by atoms with E-state index in [2.05, 4.69) is 10.1 Å². The van der Waals surface area contributed by atoms with E-state index in [4.69, 9.17) is 20.9 Å². The Kier molecular flexibility index (Phi) is 7.05. The van der Waals surface area contributed by atoms with Gasteiger partial charge in [-0.05, 0) is 33.2 Å². The standard InChI is InChI=1S/C17H19ClN4O3S.ClH/c1-10-9-12(20-25-10)16(23)22(8-7-21(2)3)17-19-14-13(24-4)6-5-11(18)15(14)26-17;/h5-6,9H,7-8H2,1-4H3;1H. The average Bonchev–Trinajstić information content (AvgIpc) is 3.22. The quantitative estimate of drug-likeness (QED) is 0.590. The van der Waals surface area contributed by atoms with Crippen molar-refractivity contribution in [3.63, 3.8) is 0 Å². The second-order valence-corrected chi connectivity index (χ2v) is 7.39. The molecule has 1 aromatic carbocycles. The lowest BCUT2D eigenvalue weighted by Gasteiger charge is -2.20. The summed E-state index contributed by atoms with van der Waals surface area (Å²) in [5.74, 6) is 0.928. The second-order valence-electron chi connectivity index (χ2n) is 6.01. The molecule has 27 heavy (non-hydrogen) atoms. The number of rotatable bonds is 6. The zero-order valence-corrected chi connectivity index (χ0v) is 17.7. The molecule has 0 spiro atoms.